The van der Waals surface area contributed by atoms with Gasteiger partial charge >= 0.3 is 0 Å². The zero-order chi connectivity index (χ0) is 18.8. The Labute approximate surface area is 146 Å². The fraction of sp³-hybridized carbons (Fsp3) is 0.545. The lowest BCUT2D eigenvalue weighted by Crippen LogP contribution is -2.01. The van der Waals surface area contributed by atoms with E-state index in [9.17, 15) is 0 Å². The molecule has 0 spiro atoms. The van der Waals surface area contributed by atoms with Gasteiger partial charge in [0.1, 0.15) is 0 Å². The lowest BCUT2D eigenvalue weighted by atomic mass is 9.91. The summed E-state index contributed by atoms with van der Waals surface area (Å²) in [5, 5.41) is 0. The van der Waals surface area contributed by atoms with E-state index in [0.29, 0.717) is 11.6 Å². The third-order valence-corrected chi connectivity index (χ3v) is 2.70. The normalized spacial score (nSPS) is 9.57. The lowest BCUT2D eigenvalue weighted by molar-refractivity contribution is 0.672. The Morgan fingerprint density at radius 3 is 1.78 bits per heavy atom. The van der Waals surface area contributed by atoms with Crippen molar-refractivity contribution in [3.63, 3.8) is 0 Å². The average Bonchev–Trinajstić information content (AvgIpc) is 2.59. The van der Waals surface area contributed by atoms with Crippen LogP contribution in [0.3, 0.4) is 0 Å². The highest BCUT2D eigenvalue weighted by atomic mass is 14.6. The molecule has 0 aliphatic heterocycles. The first-order valence-electron chi connectivity index (χ1n) is 9.29. The molecule has 0 saturated carbocycles. The quantitative estimate of drug-likeness (QED) is 0.596. The molecule has 0 saturated heterocycles. The van der Waals surface area contributed by atoms with Gasteiger partial charge in [-0.2, -0.15) is 0 Å². The summed E-state index contributed by atoms with van der Waals surface area (Å²) >= 11 is 0. The standard InChI is InChI=1S/C16H23N.3C2H6/c1-5-8-14(11-12(2)3)16-10-7-6-9-15(16)13(4)17;3*1-2/h6-10,12H,4-5,11,17H2,1-3H3;3*1-2H3/b14-8+;;;. The molecule has 23 heavy (non-hydrogen) atoms. The van der Waals surface area contributed by atoms with E-state index in [1.165, 1.54) is 11.1 Å². The molecule has 1 rings (SSSR count). The van der Waals surface area contributed by atoms with Gasteiger partial charge in [0.15, 0.2) is 0 Å². The Balaban J connectivity index is -0.000000595. The van der Waals surface area contributed by atoms with Crippen molar-refractivity contribution in [3.8, 4) is 0 Å². The van der Waals surface area contributed by atoms with E-state index in [1.807, 2.05) is 53.7 Å². The molecule has 1 aromatic rings. The molecule has 0 amide bonds. The molecule has 134 valence electrons. The van der Waals surface area contributed by atoms with Gasteiger partial charge in [0.25, 0.3) is 0 Å². The number of hydrogen-bond donors (Lipinski definition) is 1. The second kappa shape index (κ2) is 18.5. The van der Waals surface area contributed by atoms with Gasteiger partial charge in [0.2, 0.25) is 0 Å². The molecule has 0 heterocycles. The van der Waals surface area contributed by atoms with E-state index in [-0.39, 0.29) is 0 Å². The first kappa shape index (κ1) is 26.4. The summed E-state index contributed by atoms with van der Waals surface area (Å²) < 4.78 is 0. The summed E-state index contributed by atoms with van der Waals surface area (Å²) in [6, 6.07) is 8.25. The molecular weight excluding hydrogens is 278 g/mol. The molecule has 2 N–H and O–H groups in total. The van der Waals surface area contributed by atoms with E-state index in [2.05, 4.69) is 45.6 Å². The van der Waals surface area contributed by atoms with Crippen LogP contribution in [0.5, 0.6) is 0 Å². The Bertz CT molecular complexity index is 414. The highest BCUT2D eigenvalue weighted by Crippen LogP contribution is 2.28. The Morgan fingerprint density at radius 1 is 1.00 bits per heavy atom. The van der Waals surface area contributed by atoms with Crippen LogP contribution in [0.2, 0.25) is 0 Å². The van der Waals surface area contributed by atoms with Crippen LogP contribution in [0.25, 0.3) is 11.3 Å². The van der Waals surface area contributed by atoms with E-state index < -0.39 is 0 Å². The number of nitrogens with two attached hydrogens (primary N) is 1. The smallest absolute Gasteiger partial charge is 0.0320 e. The first-order valence-corrected chi connectivity index (χ1v) is 9.29. The van der Waals surface area contributed by atoms with Gasteiger partial charge < -0.3 is 5.73 Å². The molecule has 1 heteroatoms. The maximum Gasteiger partial charge on any atom is 0.0320 e. The maximum atomic E-state index is 5.86. The monoisotopic (exact) mass is 319 g/mol. The van der Waals surface area contributed by atoms with Crippen LogP contribution in [-0.4, -0.2) is 0 Å². The second-order valence-electron chi connectivity index (χ2n) is 4.81. The average molecular weight is 320 g/mol. The molecule has 1 aromatic carbocycles. The van der Waals surface area contributed by atoms with Crippen LogP contribution < -0.4 is 5.73 Å². The van der Waals surface area contributed by atoms with Crippen molar-refractivity contribution in [1.82, 2.24) is 0 Å². The minimum Gasteiger partial charge on any atom is -0.399 e. The minimum absolute atomic E-state index is 0.645. The fourth-order valence-electron chi connectivity index (χ4n) is 2.03. The molecule has 0 unspecified atom stereocenters. The molecule has 1 nitrogen and oxygen atoms in total. The lowest BCUT2D eigenvalue weighted by Gasteiger charge is -2.15. The summed E-state index contributed by atoms with van der Waals surface area (Å²) in [4.78, 5) is 0. The highest BCUT2D eigenvalue weighted by molar-refractivity contribution is 5.77. The van der Waals surface area contributed by atoms with Gasteiger partial charge in [-0.15, -0.1) is 0 Å². The van der Waals surface area contributed by atoms with Crippen molar-refractivity contribution < 1.29 is 0 Å². The van der Waals surface area contributed by atoms with Gasteiger partial charge in [0, 0.05) is 11.3 Å². The van der Waals surface area contributed by atoms with Crippen molar-refractivity contribution in [2.75, 3.05) is 0 Å². The Hall–Kier alpha value is -1.50. The van der Waals surface area contributed by atoms with Gasteiger partial charge in [0.05, 0.1) is 0 Å². The summed E-state index contributed by atoms with van der Waals surface area (Å²) in [5.74, 6) is 0.645. The third-order valence-electron chi connectivity index (χ3n) is 2.70. The highest BCUT2D eigenvalue weighted by Gasteiger charge is 2.09. The van der Waals surface area contributed by atoms with Crippen LogP contribution in [0.4, 0.5) is 0 Å². The number of allylic oxidation sites excluding steroid dienone is 2. The molecule has 0 bridgehead atoms. The van der Waals surface area contributed by atoms with Gasteiger partial charge in [-0.1, -0.05) is 99.2 Å². The number of benzene rings is 1. The summed E-state index contributed by atoms with van der Waals surface area (Å²) in [7, 11) is 0. The zero-order valence-corrected chi connectivity index (χ0v) is 17.2. The van der Waals surface area contributed by atoms with Crippen molar-refractivity contribution in [2.24, 2.45) is 11.7 Å². The number of rotatable bonds is 5. The topological polar surface area (TPSA) is 26.0 Å². The van der Waals surface area contributed by atoms with Gasteiger partial charge in [-0.05, 0) is 29.9 Å². The van der Waals surface area contributed by atoms with E-state index in [4.69, 9.17) is 5.73 Å². The summed E-state index contributed by atoms with van der Waals surface area (Å²) in [6.45, 7) is 22.5. The Kier molecular flexibility index (Phi) is 21.3. The summed E-state index contributed by atoms with van der Waals surface area (Å²) in [6.07, 6.45) is 4.42. The van der Waals surface area contributed by atoms with E-state index >= 15 is 0 Å². The van der Waals surface area contributed by atoms with Crippen LogP contribution in [-0.2, 0) is 0 Å². The maximum absolute atomic E-state index is 5.86. The predicted octanol–water partition coefficient (Wildman–Crippen LogP) is 7.53. The van der Waals surface area contributed by atoms with E-state index in [0.717, 1.165) is 18.4 Å². The molecule has 0 fully saturated rings. The summed E-state index contributed by atoms with van der Waals surface area (Å²) in [5.41, 5.74) is 10.2. The van der Waals surface area contributed by atoms with E-state index in [1.54, 1.807) is 0 Å². The third kappa shape index (κ3) is 11.7. The van der Waals surface area contributed by atoms with Crippen molar-refractivity contribution in [2.45, 2.75) is 75.2 Å². The predicted molar refractivity (Wildman–Crippen MR) is 111 cm³/mol. The fourth-order valence-corrected chi connectivity index (χ4v) is 2.03. The molecule has 0 radical (unpaired) electrons. The van der Waals surface area contributed by atoms with Crippen LogP contribution >= 0.6 is 0 Å². The molecule has 0 aliphatic carbocycles. The minimum atomic E-state index is 0.645. The largest absolute Gasteiger partial charge is 0.399 e. The van der Waals surface area contributed by atoms with Crippen LogP contribution in [0, 0.1) is 5.92 Å². The molecule has 0 aliphatic rings. The number of hydrogen-bond acceptors (Lipinski definition) is 1. The van der Waals surface area contributed by atoms with Gasteiger partial charge in [-0.3, -0.25) is 0 Å². The van der Waals surface area contributed by atoms with Crippen molar-refractivity contribution in [3.05, 3.63) is 48.0 Å². The van der Waals surface area contributed by atoms with Gasteiger partial charge in [-0.25, -0.2) is 0 Å². The first-order chi connectivity index (χ1) is 11.1. The van der Waals surface area contributed by atoms with Crippen LogP contribution in [0.15, 0.2) is 36.9 Å². The second-order valence-corrected chi connectivity index (χ2v) is 4.81. The van der Waals surface area contributed by atoms with Crippen LogP contribution in [0.1, 0.15) is 86.3 Å². The SMILES string of the molecule is C=C(N)c1ccccc1/C(=C/CC)CC(C)C.CC.CC.CC. The van der Waals surface area contributed by atoms with Crippen molar-refractivity contribution >= 4 is 11.3 Å². The van der Waals surface area contributed by atoms with Crippen molar-refractivity contribution in [1.29, 1.82) is 0 Å². The Morgan fingerprint density at radius 2 is 1.43 bits per heavy atom. The molecule has 0 aromatic heterocycles. The molecule has 0 atom stereocenters. The molecular formula is C22H41N. The zero-order valence-electron chi connectivity index (χ0n) is 17.2.